The van der Waals surface area contributed by atoms with E-state index in [2.05, 4.69) is 10.0 Å². The fourth-order valence-electron chi connectivity index (χ4n) is 1.57. The monoisotopic (exact) mass is 373 g/mol. The Morgan fingerprint density at radius 3 is 2.29 bits per heavy atom. The van der Waals surface area contributed by atoms with E-state index in [1.807, 2.05) is 6.92 Å². The van der Waals surface area contributed by atoms with Crippen LogP contribution in [0, 0.1) is 0 Å². The fourth-order valence-corrected chi connectivity index (χ4v) is 3.60. The third-order valence-electron chi connectivity index (χ3n) is 2.72. The molecular weight excluding hydrogens is 357 g/mol. The highest BCUT2D eigenvalue weighted by Crippen LogP contribution is 2.34. The molecule has 0 amide bonds. The molecule has 120 valence electrons. The van der Waals surface area contributed by atoms with Crippen LogP contribution < -0.4 is 10.0 Å². The van der Waals surface area contributed by atoms with Crippen molar-refractivity contribution in [3.05, 3.63) is 27.2 Å². The Labute approximate surface area is 140 Å². The minimum atomic E-state index is -3.71. The van der Waals surface area contributed by atoms with Crippen LogP contribution in [0.15, 0.2) is 12.1 Å². The highest BCUT2D eigenvalue weighted by molar-refractivity contribution is 7.90. The number of anilines is 1. The first kappa shape index (κ1) is 18.8. The van der Waals surface area contributed by atoms with E-state index >= 15 is 0 Å². The van der Waals surface area contributed by atoms with E-state index in [1.165, 1.54) is 23.5 Å². The molecule has 0 bridgehead atoms. The summed E-state index contributed by atoms with van der Waals surface area (Å²) < 4.78 is 28.0. The maximum atomic E-state index is 12.2. The maximum Gasteiger partial charge on any atom is 0.301 e. The van der Waals surface area contributed by atoms with Crippen molar-refractivity contribution < 1.29 is 8.42 Å². The number of benzene rings is 1. The van der Waals surface area contributed by atoms with Crippen LogP contribution in [0.4, 0.5) is 5.69 Å². The van der Waals surface area contributed by atoms with E-state index in [0.717, 1.165) is 13.1 Å². The summed E-state index contributed by atoms with van der Waals surface area (Å²) in [6.07, 6.45) is 0.702. The second-order valence-electron chi connectivity index (χ2n) is 4.38. The zero-order chi connectivity index (χ0) is 16.0. The van der Waals surface area contributed by atoms with Gasteiger partial charge in [0, 0.05) is 18.6 Å². The van der Waals surface area contributed by atoms with Crippen molar-refractivity contribution in [3.63, 3.8) is 0 Å². The lowest BCUT2D eigenvalue weighted by molar-refractivity contribution is 0.459. The number of rotatable bonds is 8. The molecular formula is C12H18Cl3N3O2S. The van der Waals surface area contributed by atoms with E-state index in [4.69, 9.17) is 34.8 Å². The van der Waals surface area contributed by atoms with Gasteiger partial charge in [0.2, 0.25) is 0 Å². The Morgan fingerprint density at radius 1 is 1.19 bits per heavy atom. The third-order valence-corrected chi connectivity index (χ3v) is 5.00. The fraction of sp³-hybridized carbons (Fsp3) is 0.500. The minimum Gasteiger partial charge on any atom is -0.317 e. The number of nitrogens with zero attached hydrogens (tertiary/aromatic N) is 1. The summed E-state index contributed by atoms with van der Waals surface area (Å²) in [5, 5.41) is 3.77. The highest BCUT2D eigenvalue weighted by atomic mass is 35.5. The first-order valence-corrected chi connectivity index (χ1v) is 8.94. The van der Waals surface area contributed by atoms with Gasteiger partial charge in [-0.2, -0.15) is 12.7 Å². The molecule has 2 N–H and O–H groups in total. The van der Waals surface area contributed by atoms with Crippen molar-refractivity contribution in [2.75, 3.05) is 31.4 Å². The zero-order valence-corrected chi connectivity index (χ0v) is 14.9. The molecule has 0 fully saturated rings. The normalized spacial score (nSPS) is 11.9. The van der Waals surface area contributed by atoms with Gasteiger partial charge in [-0.1, -0.05) is 41.7 Å². The van der Waals surface area contributed by atoms with Gasteiger partial charge < -0.3 is 5.32 Å². The standard InChI is InChI=1S/C12H18Cl3N3O2S/c1-3-16-5-4-6-18(2)21(19,20)17-12-10(14)7-9(13)8-11(12)15/h7-8,16-17H,3-6H2,1-2H3. The molecule has 0 aliphatic heterocycles. The molecule has 1 rings (SSSR count). The predicted molar refractivity (Wildman–Crippen MR) is 89.8 cm³/mol. The van der Waals surface area contributed by atoms with Gasteiger partial charge in [-0.25, -0.2) is 0 Å². The molecule has 0 aliphatic rings. The summed E-state index contributed by atoms with van der Waals surface area (Å²) in [5.74, 6) is 0. The summed E-state index contributed by atoms with van der Waals surface area (Å²) >= 11 is 17.7. The molecule has 0 saturated carbocycles. The smallest absolute Gasteiger partial charge is 0.301 e. The van der Waals surface area contributed by atoms with Crippen LogP contribution in [0.2, 0.25) is 15.1 Å². The van der Waals surface area contributed by atoms with E-state index in [0.29, 0.717) is 18.0 Å². The largest absolute Gasteiger partial charge is 0.317 e. The van der Waals surface area contributed by atoms with Gasteiger partial charge in [-0.3, -0.25) is 4.72 Å². The number of nitrogens with one attached hydrogen (secondary N) is 2. The second kappa shape index (κ2) is 8.41. The SMILES string of the molecule is CCNCCCN(C)S(=O)(=O)Nc1c(Cl)cc(Cl)cc1Cl. The highest BCUT2D eigenvalue weighted by Gasteiger charge is 2.20. The molecule has 21 heavy (non-hydrogen) atoms. The molecule has 0 saturated heterocycles. The summed E-state index contributed by atoms with van der Waals surface area (Å²) in [4.78, 5) is 0. The van der Waals surface area contributed by atoms with Crippen molar-refractivity contribution in [2.24, 2.45) is 0 Å². The summed E-state index contributed by atoms with van der Waals surface area (Å²) in [7, 11) is -2.22. The quantitative estimate of drug-likeness (QED) is 0.687. The molecule has 9 heteroatoms. The summed E-state index contributed by atoms with van der Waals surface area (Å²) in [6.45, 7) is 3.97. The van der Waals surface area contributed by atoms with Crippen molar-refractivity contribution >= 4 is 50.7 Å². The minimum absolute atomic E-state index is 0.126. The summed E-state index contributed by atoms with van der Waals surface area (Å²) in [6, 6.07) is 2.86. The van der Waals surface area contributed by atoms with Gasteiger partial charge >= 0.3 is 10.2 Å². The van der Waals surface area contributed by atoms with Gasteiger partial charge in [0.15, 0.2) is 0 Å². The summed E-state index contributed by atoms with van der Waals surface area (Å²) in [5.41, 5.74) is 0.126. The topological polar surface area (TPSA) is 61.4 Å². The van der Waals surface area contributed by atoms with Crippen LogP contribution in [-0.2, 0) is 10.2 Å². The van der Waals surface area contributed by atoms with Crippen LogP contribution in [0.25, 0.3) is 0 Å². The number of hydrogen-bond acceptors (Lipinski definition) is 3. The lowest BCUT2D eigenvalue weighted by Gasteiger charge is -2.19. The molecule has 0 aromatic heterocycles. The molecule has 0 atom stereocenters. The zero-order valence-electron chi connectivity index (χ0n) is 11.8. The Bertz CT molecular complexity index is 558. The number of hydrogen-bond donors (Lipinski definition) is 2. The maximum absolute atomic E-state index is 12.2. The second-order valence-corrected chi connectivity index (χ2v) is 7.41. The van der Waals surface area contributed by atoms with Gasteiger partial charge in [0.1, 0.15) is 0 Å². The molecule has 0 heterocycles. The average molecular weight is 375 g/mol. The third kappa shape index (κ3) is 5.81. The van der Waals surface area contributed by atoms with Crippen LogP contribution in [0.3, 0.4) is 0 Å². The first-order chi connectivity index (χ1) is 9.77. The Balaban J connectivity index is 2.76. The van der Waals surface area contributed by atoms with E-state index < -0.39 is 10.2 Å². The van der Waals surface area contributed by atoms with Gasteiger partial charge in [0.05, 0.1) is 15.7 Å². The Kier molecular flexibility index (Phi) is 7.53. The van der Waals surface area contributed by atoms with Crippen LogP contribution >= 0.6 is 34.8 Å². The van der Waals surface area contributed by atoms with Gasteiger partial charge in [-0.15, -0.1) is 0 Å². The van der Waals surface area contributed by atoms with E-state index in [9.17, 15) is 8.42 Å². The van der Waals surface area contributed by atoms with Gasteiger partial charge in [0.25, 0.3) is 0 Å². The average Bonchev–Trinajstić information content (AvgIpc) is 2.38. The molecule has 0 aliphatic carbocycles. The number of halogens is 3. The van der Waals surface area contributed by atoms with Crippen molar-refractivity contribution in [1.29, 1.82) is 0 Å². The molecule has 0 spiro atoms. The molecule has 1 aromatic carbocycles. The molecule has 1 aromatic rings. The van der Waals surface area contributed by atoms with Crippen LogP contribution in [0.1, 0.15) is 13.3 Å². The van der Waals surface area contributed by atoms with E-state index in [-0.39, 0.29) is 15.7 Å². The Hall–Kier alpha value is -0.240. The Morgan fingerprint density at radius 2 is 1.76 bits per heavy atom. The lowest BCUT2D eigenvalue weighted by Crippen LogP contribution is -2.34. The van der Waals surface area contributed by atoms with E-state index in [1.54, 1.807) is 0 Å². The van der Waals surface area contributed by atoms with Crippen LogP contribution in [-0.4, -0.2) is 39.4 Å². The van der Waals surface area contributed by atoms with Crippen molar-refractivity contribution in [2.45, 2.75) is 13.3 Å². The molecule has 5 nitrogen and oxygen atoms in total. The first-order valence-electron chi connectivity index (χ1n) is 6.37. The molecule has 0 radical (unpaired) electrons. The van der Waals surface area contributed by atoms with Crippen molar-refractivity contribution in [1.82, 2.24) is 9.62 Å². The lowest BCUT2D eigenvalue weighted by atomic mass is 10.3. The predicted octanol–water partition coefficient (Wildman–Crippen LogP) is 3.23. The van der Waals surface area contributed by atoms with Crippen molar-refractivity contribution in [3.8, 4) is 0 Å². The van der Waals surface area contributed by atoms with Gasteiger partial charge in [-0.05, 0) is 31.6 Å². The molecule has 0 unspecified atom stereocenters. The van der Waals surface area contributed by atoms with Crippen LogP contribution in [0.5, 0.6) is 0 Å².